The Bertz CT molecular complexity index is 623. The number of nitrogens with zero attached hydrogens (tertiary/aromatic N) is 4. The van der Waals surface area contributed by atoms with Crippen LogP contribution in [0, 0.1) is 0 Å². The van der Waals surface area contributed by atoms with Crippen molar-refractivity contribution in [2.45, 2.75) is 18.7 Å². The first-order valence-electron chi connectivity index (χ1n) is 7.88. The van der Waals surface area contributed by atoms with E-state index in [0.29, 0.717) is 30.6 Å². The van der Waals surface area contributed by atoms with E-state index in [1.54, 1.807) is 18.4 Å². The van der Waals surface area contributed by atoms with Crippen LogP contribution in [-0.4, -0.2) is 76.6 Å². The van der Waals surface area contributed by atoms with Gasteiger partial charge < -0.3 is 18.8 Å². The Balaban J connectivity index is 1.38. The standard InChI is InChI=1S/C15H20N4O4/c20-12-9-18(8-11(12)19-3-6-21-7-4-19)10-14-16-15(17-23-14)13-2-1-5-22-13/h1-2,5,11-12,20H,3-4,6-10H2/t11-,12-/m0/s1. The Morgan fingerprint density at radius 2 is 2.13 bits per heavy atom. The molecule has 0 unspecified atom stereocenters. The van der Waals surface area contributed by atoms with Crippen LogP contribution >= 0.6 is 0 Å². The number of hydrogen-bond acceptors (Lipinski definition) is 8. The first-order valence-corrected chi connectivity index (χ1v) is 7.88. The molecule has 2 atom stereocenters. The molecule has 2 saturated heterocycles. The number of hydrogen-bond donors (Lipinski definition) is 1. The second-order valence-electron chi connectivity index (χ2n) is 5.97. The number of β-amino-alcohol motifs (C(OH)–C–C–N with tert-alkyl or cyclic N) is 1. The highest BCUT2D eigenvalue weighted by Gasteiger charge is 2.36. The zero-order valence-electron chi connectivity index (χ0n) is 12.8. The molecule has 0 aromatic carbocycles. The van der Waals surface area contributed by atoms with E-state index >= 15 is 0 Å². The van der Waals surface area contributed by atoms with E-state index in [2.05, 4.69) is 19.9 Å². The highest BCUT2D eigenvalue weighted by molar-refractivity contribution is 5.44. The zero-order valence-corrected chi connectivity index (χ0v) is 12.8. The maximum atomic E-state index is 10.3. The van der Waals surface area contributed by atoms with Gasteiger partial charge in [-0.15, -0.1) is 0 Å². The predicted molar refractivity (Wildman–Crippen MR) is 79.5 cm³/mol. The third kappa shape index (κ3) is 3.16. The molecular formula is C15H20N4O4. The molecule has 4 rings (SSSR count). The molecule has 2 aromatic rings. The molecule has 8 nitrogen and oxygen atoms in total. The summed E-state index contributed by atoms with van der Waals surface area (Å²) in [5.74, 6) is 1.58. The van der Waals surface area contributed by atoms with Gasteiger partial charge in [0.25, 0.3) is 0 Å². The Morgan fingerprint density at radius 3 is 2.91 bits per heavy atom. The number of aliphatic hydroxyl groups is 1. The smallest absolute Gasteiger partial charge is 0.241 e. The molecule has 23 heavy (non-hydrogen) atoms. The predicted octanol–water partition coefficient (Wildman–Crippen LogP) is 0.207. The van der Waals surface area contributed by atoms with E-state index in [9.17, 15) is 5.11 Å². The van der Waals surface area contributed by atoms with E-state index in [0.717, 1.165) is 32.8 Å². The van der Waals surface area contributed by atoms with Crippen LogP contribution in [0.15, 0.2) is 27.3 Å². The molecule has 2 aliphatic heterocycles. The van der Waals surface area contributed by atoms with Crippen molar-refractivity contribution in [3.05, 3.63) is 24.3 Å². The molecule has 0 bridgehead atoms. The fraction of sp³-hybridized carbons (Fsp3) is 0.600. The number of aliphatic hydroxyl groups excluding tert-OH is 1. The summed E-state index contributed by atoms with van der Waals surface area (Å²) in [5, 5.41) is 14.3. The summed E-state index contributed by atoms with van der Waals surface area (Å²) in [6, 6.07) is 3.73. The topological polar surface area (TPSA) is 88.0 Å². The van der Waals surface area contributed by atoms with Gasteiger partial charge >= 0.3 is 0 Å². The summed E-state index contributed by atoms with van der Waals surface area (Å²) in [6.45, 7) is 5.15. The van der Waals surface area contributed by atoms with Crippen LogP contribution in [0.3, 0.4) is 0 Å². The zero-order chi connectivity index (χ0) is 15.6. The van der Waals surface area contributed by atoms with E-state index in [4.69, 9.17) is 13.7 Å². The lowest BCUT2D eigenvalue weighted by molar-refractivity contribution is -0.00620. The highest BCUT2D eigenvalue weighted by atomic mass is 16.5. The van der Waals surface area contributed by atoms with Crippen molar-refractivity contribution in [2.24, 2.45) is 0 Å². The Kier molecular flexibility index (Phi) is 4.13. The maximum absolute atomic E-state index is 10.3. The van der Waals surface area contributed by atoms with Crippen molar-refractivity contribution < 1.29 is 18.8 Å². The van der Waals surface area contributed by atoms with Crippen LogP contribution < -0.4 is 0 Å². The number of morpholine rings is 1. The third-order valence-electron chi connectivity index (χ3n) is 4.42. The first-order chi connectivity index (χ1) is 11.3. The molecule has 0 saturated carbocycles. The summed E-state index contributed by atoms with van der Waals surface area (Å²) in [4.78, 5) is 8.80. The van der Waals surface area contributed by atoms with Crippen molar-refractivity contribution in [3.63, 3.8) is 0 Å². The minimum Gasteiger partial charge on any atom is -0.461 e. The fourth-order valence-electron chi connectivity index (χ4n) is 3.26. The van der Waals surface area contributed by atoms with Crippen molar-refractivity contribution in [1.29, 1.82) is 0 Å². The van der Waals surface area contributed by atoms with Crippen LogP contribution in [0.2, 0.25) is 0 Å². The normalized spacial score (nSPS) is 26.8. The lowest BCUT2D eigenvalue weighted by atomic mass is 10.2. The largest absolute Gasteiger partial charge is 0.461 e. The van der Waals surface area contributed by atoms with Gasteiger partial charge in [0.2, 0.25) is 11.7 Å². The molecule has 2 aliphatic rings. The van der Waals surface area contributed by atoms with E-state index in [1.807, 2.05) is 0 Å². The van der Waals surface area contributed by atoms with Crippen molar-refractivity contribution in [3.8, 4) is 11.6 Å². The van der Waals surface area contributed by atoms with Crippen LogP contribution in [0.25, 0.3) is 11.6 Å². The Labute approximate surface area is 133 Å². The molecule has 0 aliphatic carbocycles. The van der Waals surface area contributed by atoms with Gasteiger partial charge in [-0.05, 0) is 12.1 Å². The minimum absolute atomic E-state index is 0.145. The summed E-state index contributed by atoms with van der Waals surface area (Å²) in [5.41, 5.74) is 0. The molecule has 124 valence electrons. The van der Waals surface area contributed by atoms with Crippen molar-refractivity contribution >= 4 is 0 Å². The van der Waals surface area contributed by atoms with Crippen LogP contribution in [0.5, 0.6) is 0 Å². The molecule has 0 spiro atoms. The van der Waals surface area contributed by atoms with Gasteiger partial charge in [-0.1, -0.05) is 5.16 Å². The molecule has 0 radical (unpaired) electrons. The number of furan rings is 1. The van der Waals surface area contributed by atoms with E-state index < -0.39 is 0 Å². The Morgan fingerprint density at radius 1 is 1.26 bits per heavy atom. The summed E-state index contributed by atoms with van der Waals surface area (Å²) in [6.07, 6.45) is 1.22. The number of aromatic nitrogens is 2. The second-order valence-corrected chi connectivity index (χ2v) is 5.97. The van der Waals surface area contributed by atoms with E-state index in [1.165, 1.54) is 0 Å². The van der Waals surface area contributed by atoms with Crippen LogP contribution in [0.1, 0.15) is 5.89 Å². The minimum atomic E-state index is -0.361. The molecule has 0 amide bonds. The summed E-state index contributed by atoms with van der Waals surface area (Å²) in [7, 11) is 0. The number of likely N-dealkylation sites (tertiary alicyclic amines) is 1. The van der Waals surface area contributed by atoms with Crippen molar-refractivity contribution in [1.82, 2.24) is 19.9 Å². The summed E-state index contributed by atoms with van der Waals surface area (Å²) < 4.78 is 15.9. The molecular weight excluding hydrogens is 300 g/mol. The van der Waals surface area contributed by atoms with Gasteiger partial charge in [0.15, 0.2) is 5.76 Å². The average Bonchev–Trinajstić information content (AvgIpc) is 3.29. The van der Waals surface area contributed by atoms with Gasteiger partial charge in [0.1, 0.15) is 0 Å². The fourth-order valence-corrected chi connectivity index (χ4v) is 3.26. The van der Waals surface area contributed by atoms with Gasteiger partial charge in [-0.3, -0.25) is 9.80 Å². The van der Waals surface area contributed by atoms with Crippen molar-refractivity contribution in [2.75, 3.05) is 39.4 Å². The summed E-state index contributed by atoms with van der Waals surface area (Å²) >= 11 is 0. The average molecular weight is 320 g/mol. The third-order valence-corrected chi connectivity index (χ3v) is 4.42. The molecule has 1 N–H and O–H groups in total. The van der Waals surface area contributed by atoms with Gasteiger partial charge in [-0.25, -0.2) is 0 Å². The number of ether oxygens (including phenoxy) is 1. The first kappa shape index (κ1) is 14.8. The lowest BCUT2D eigenvalue weighted by Crippen LogP contribution is -2.48. The van der Waals surface area contributed by atoms with E-state index in [-0.39, 0.29) is 12.1 Å². The highest BCUT2D eigenvalue weighted by Crippen LogP contribution is 2.21. The monoisotopic (exact) mass is 320 g/mol. The van der Waals surface area contributed by atoms with Gasteiger partial charge in [0.05, 0.1) is 32.1 Å². The quantitative estimate of drug-likeness (QED) is 0.855. The SMILES string of the molecule is O[C@H]1CN(Cc2nc(-c3ccco3)no2)C[C@@H]1N1CCOCC1. The van der Waals surface area contributed by atoms with Crippen LogP contribution in [0.4, 0.5) is 0 Å². The molecule has 4 heterocycles. The molecule has 2 aromatic heterocycles. The van der Waals surface area contributed by atoms with Gasteiger partial charge in [0, 0.05) is 32.2 Å². The van der Waals surface area contributed by atoms with Crippen LogP contribution in [-0.2, 0) is 11.3 Å². The maximum Gasteiger partial charge on any atom is 0.241 e. The molecule has 2 fully saturated rings. The number of rotatable bonds is 4. The lowest BCUT2D eigenvalue weighted by Gasteiger charge is -2.33. The Hall–Kier alpha value is -1.74. The second kappa shape index (κ2) is 6.40. The van der Waals surface area contributed by atoms with Gasteiger partial charge in [-0.2, -0.15) is 4.98 Å². The molecule has 8 heteroatoms.